The summed E-state index contributed by atoms with van der Waals surface area (Å²) in [5.74, 6) is -3.20. The minimum Gasteiger partial charge on any atom is -0.383 e. The van der Waals surface area contributed by atoms with E-state index in [4.69, 9.17) is 0 Å². The number of halogens is 4. The molecule has 12 nitrogen and oxygen atoms in total. The van der Waals surface area contributed by atoms with Gasteiger partial charge in [-0.05, 0) is 24.0 Å². The molecule has 0 saturated heterocycles. The summed E-state index contributed by atoms with van der Waals surface area (Å²) in [5.41, 5.74) is -2.85. The lowest BCUT2D eigenvalue weighted by molar-refractivity contribution is -0.122. The first-order valence-corrected chi connectivity index (χ1v) is 15.4. The highest BCUT2D eigenvalue weighted by Crippen LogP contribution is 2.34. The summed E-state index contributed by atoms with van der Waals surface area (Å²) in [4.78, 5) is 22.4. The molecule has 0 fully saturated rings. The maximum Gasteiger partial charge on any atom is 0.156 e. The third kappa shape index (κ3) is 10.3. The molecule has 3 aromatic heterocycles. The summed E-state index contributed by atoms with van der Waals surface area (Å²) >= 11 is 0. The van der Waals surface area contributed by atoms with Gasteiger partial charge in [-0.2, -0.15) is 15.3 Å². The van der Waals surface area contributed by atoms with Crippen molar-refractivity contribution in [1.29, 1.82) is 0 Å². The Morgan fingerprint density at radius 1 is 0.653 bits per heavy atom. The second-order valence-electron chi connectivity index (χ2n) is 12.3. The highest BCUT2D eigenvalue weighted by atomic mass is 19.1. The van der Waals surface area contributed by atoms with E-state index >= 15 is 0 Å². The van der Waals surface area contributed by atoms with E-state index in [-0.39, 0.29) is 47.8 Å². The van der Waals surface area contributed by atoms with Crippen LogP contribution in [0.3, 0.4) is 0 Å². The van der Waals surface area contributed by atoms with Crippen molar-refractivity contribution >= 4 is 5.78 Å². The van der Waals surface area contributed by atoms with Crippen molar-refractivity contribution < 1.29 is 32.6 Å². The third-order valence-corrected chi connectivity index (χ3v) is 7.87. The Hall–Kier alpha value is -4.83. The Kier molecular flexibility index (Phi) is 13.4. The number of Topliss-reactive ketones (excluding diaryl/α,β-unsaturated/α-hetero) is 1. The maximum atomic E-state index is 13.9. The lowest BCUT2D eigenvalue weighted by Crippen LogP contribution is -2.38. The number of aromatic nitrogens is 9. The monoisotopic (exact) mass is 687 g/mol. The second kappa shape index (κ2) is 17.0. The molecular formula is C33H41F4N9O3. The lowest BCUT2D eigenvalue weighted by Gasteiger charge is -2.32. The van der Waals surface area contributed by atoms with Gasteiger partial charge in [0.1, 0.15) is 79.0 Å². The van der Waals surface area contributed by atoms with Crippen molar-refractivity contribution in [2.75, 3.05) is 0 Å². The molecule has 2 aromatic carbocycles. The third-order valence-electron chi connectivity index (χ3n) is 7.87. The number of carbonyl (C=O) groups excluding carboxylic acids is 1. The zero-order valence-electron chi connectivity index (χ0n) is 28.1. The minimum atomic E-state index is -1.48. The average molecular weight is 688 g/mol. The van der Waals surface area contributed by atoms with Gasteiger partial charge in [-0.25, -0.2) is 46.6 Å². The van der Waals surface area contributed by atoms with Crippen LogP contribution in [0.4, 0.5) is 17.6 Å². The van der Waals surface area contributed by atoms with Crippen LogP contribution in [0.15, 0.2) is 74.4 Å². The molecule has 5 aromatic rings. The van der Waals surface area contributed by atoms with Crippen LogP contribution in [0.2, 0.25) is 0 Å². The number of rotatable bonds is 11. The first-order valence-electron chi connectivity index (χ1n) is 15.4. The molecule has 0 amide bonds. The van der Waals surface area contributed by atoms with Gasteiger partial charge in [0.05, 0.1) is 13.1 Å². The Balaban J connectivity index is 0.000000207. The number of hydrogen-bond donors (Lipinski definition) is 2. The summed E-state index contributed by atoms with van der Waals surface area (Å²) in [7, 11) is 0. The molecular weight excluding hydrogens is 646 g/mol. The van der Waals surface area contributed by atoms with Crippen molar-refractivity contribution in [3.05, 3.63) is 109 Å². The predicted molar refractivity (Wildman–Crippen MR) is 170 cm³/mol. The van der Waals surface area contributed by atoms with E-state index < -0.39 is 34.5 Å². The fourth-order valence-corrected chi connectivity index (χ4v) is 4.62. The maximum absolute atomic E-state index is 13.9. The van der Waals surface area contributed by atoms with Gasteiger partial charge < -0.3 is 10.2 Å². The van der Waals surface area contributed by atoms with Gasteiger partial charge >= 0.3 is 0 Å². The molecule has 0 spiro atoms. The zero-order chi connectivity index (χ0) is 36.4. The van der Waals surface area contributed by atoms with Gasteiger partial charge in [0.2, 0.25) is 0 Å². The van der Waals surface area contributed by atoms with Crippen molar-refractivity contribution in [2.45, 2.75) is 72.4 Å². The Labute approximate surface area is 281 Å². The predicted octanol–water partition coefficient (Wildman–Crippen LogP) is 4.70. The normalized spacial score (nSPS) is 13.7. The first kappa shape index (κ1) is 38.6. The SMILES string of the molecule is CC(C)C(=O)Cn1cncn1.CC(C)[C@@](O)(Cn1cncn1)c1ccc(F)cc1F.CC(C)[C@](O)(Cn1cncn1)c1ccc(F)cc1F. The number of carbonyl (C=O) groups is 1. The quantitative estimate of drug-likeness (QED) is 0.188. The average Bonchev–Trinajstić information content (AvgIpc) is 3.83. The molecule has 2 N–H and O–H groups in total. The van der Waals surface area contributed by atoms with Crippen LogP contribution >= 0.6 is 0 Å². The Morgan fingerprint density at radius 2 is 1.02 bits per heavy atom. The number of aliphatic hydroxyl groups is 2. The van der Waals surface area contributed by atoms with E-state index in [0.29, 0.717) is 6.54 Å². The van der Waals surface area contributed by atoms with Crippen molar-refractivity contribution in [3.63, 3.8) is 0 Å². The summed E-state index contributed by atoms with van der Waals surface area (Å²) in [6.45, 7) is 11.2. The van der Waals surface area contributed by atoms with Gasteiger partial charge in [-0.3, -0.25) is 4.79 Å². The standard InChI is InChI=1S/2C13H15F2N3O.C7H11N3O/c2*1-9(2)13(19,6-18-8-16-7-17-18)11-4-3-10(14)5-12(11)15;1-6(2)7(11)3-10-5-8-4-9-10/h2*3-5,7-9,19H,6H2,1-2H3;4-6H,3H2,1-2H3/t2*13-;/m10./s1. The number of ketones is 1. The highest BCUT2D eigenvalue weighted by molar-refractivity contribution is 5.79. The summed E-state index contributed by atoms with van der Waals surface area (Å²) in [6.07, 6.45) is 8.51. The summed E-state index contributed by atoms with van der Waals surface area (Å²) in [6, 6.07) is 6.33. The van der Waals surface area contributed by atoms with Crippen molar-refractivity contribution in [1.82, 2.24) is 44.3 Å². The lowest BCUT2D eigenvalue weighted by atomic mass is 9.83. The van der Waals surface area contributed by atoms with Crippen LogP contribution < -0.4 is 0 Å². The summed E-state index contributed by atoms with van der Waals surface area (Å²) < 4.78 is 58.1. The molecule has 264 valence electrons. The van der Waals surface area contributed by atoms with Gasteiger partial charge in [0.25, 0.3) is 0 Å². The molecule has 16 heteroatoms. The second-order valence-corrected chi connectivity index (χ2v) is 12.3. The zero-order valence-corrected chi connectivity index (χ0v) is 28.1. The van der Waals surface area contributed by atoms with Gasteiger partial charge in [0.15, 0.2) is 5.78 Å². The fourth-order valence-electron chi connectivity index (χ4n) is 4.62. The topological polar surface area (TPSA) is 150 Å². The number of nitrogens with zero attached hydrogens (tertiary/aromatic N) is 9. The Morgan fingerprint density at radius 3 is 1.31 bits per heavy atom. The molecule has 0 aliphatic heterocycles. The van der Waals surface area contributed by atoms with Crippen LogP contribution in [-0.2, 0) is 35.6 Å². The van der Waals surface area contributed by atoms with Crippen LogP contribution in [0, 0.1) is 41.0 Å². The van der Waals surface area contributed by atoms with E-state index in [9.17, 15) is 32.6 Å². The van der Waals surface area contributed by atoms with Crippen LogP contribution in [0.25, 0.3) is 0 Å². The van der Waals surface area contributed by atoms with E-state index in [1.807, 2.05) is 13.8 Å². The number of hydrogen-bond acceptors (Lipinski definition) is 9. The molecule has 49 heavy (non-hydrogen) atoms. The minimum absolute atomic E-state index is 0.0488. The largest absolute Gasteiger partial charge is 0.383 e. The van der Waals surface area contributed by atoms with Crippen molar-refractivity contribution in [3.8, 4) is 0 Å². The van der Waals surface area contributed by atoms with Gasteiger partial charge in [-0.1, -0.05) is 53.7 Å². The fraction of sp³-hybridized carbons (Fsp3) is 0.424. The molecule has 3 heterocycles. The van der Waals surface area contributed by atoms with E-state index in [0.717, 1.165) is 24.3 Å². The van der Waals surface area contributed by atoms with Crippen LogP contribution in [0.1, 0.15) is 52.7 Å². The van der Waals surface area contributed by atoms with E-state index in [1.165, 1.54) is 57.8 Å². The molecule has 0 bridgehead atoms. The smallest absolute Gasteiger partial charge is 0.156 e. The van der Waals surface area contributed by atoms with Crippen LogP contribution in [0.5, 0.6) is 0 Å². The Bertz CT molecular complexity index is 1630. The van der Waals surface area contributed by atoms with Crippen LogP contribution in [-0.4, -0.2) is 60.3 Å². The first-order chi connectivity index (χ1) is 23.1. The molecule has 0 aliphatic rings. The summed E-state index contributed by atoms with van der Waals surface area (Å²) in [5, 5.41) is 33.1. The molecule has 2 atom stereocenters. The molecule has 0 unspecified atom stereocenters. The van der Waals surface area contributed by atoms with Gasteiger partial charge in [-0.15, -0.1) is 0 Å². The molecule has 5 rings (SSSR count). The van der Waals surface area contributed by atoms with E-state index in [2.05, 4.69) is 30.2 Å². The molecule has 0 aliphatic carbocycles. The molecule has 0 saturated carbocycles. The van der Waals surface area contributed by atoms with Crippen molar-refractivity contribution in [2.24, 2.45) is 17.8 Å². The highest BCUT2D eigenvalue weighted by Gasteiger charge is 2.37. The number of benzene rings is 2. The molecule has 0 radical (unpaired) electrons. The van der Waals surface area contributed by atoms with E-state index in [1.54, 1.807) is 34.0 Å². The van der Waals surface area contributed by atoms with Gasteiger partial charge in [0, 0.05) is 29.2 Å².